The van der Waals surface area contributed by atoms with Crippen LogP contribution in [0.1, 0.15) is 64.2 Å². The van der Waals surface area contributed by atoms with Crippen molar-refractivity contribution in [3.05, 3.63) is 108 Å². The zero-order valence-corrected chi connectivity index (χ0v) is 29.5. The highest BCUT2D eigenvalue weighted by Gasteiger charge is 2.34. The molecule has 10 heteroatoms. The van der Waals surface area contributed by atoms with Crippen LogP contribution < -0.4 is 15.7 Å². The second-order valence-corrected chi connectivity index (χ2v) is 14.1. The molecule has 3 rings (SSSR count). The first-order valence-corrected chi connectivity index (χ1v) is 17.0. The van der Waals surface area contributed by atoms with Gasteiger partial charge in [0.15, 0.2) is 0 Å². The van der Waals surface area contributed by atoms with E-state index in [2.05, 4.69) is 10.6 Å². The molecule has 268 valence electrons. The number of ether oxygens (including phenoxy) is 2. The van der Waals surface area contributed by atoms with Crippen molar-refractivity contribution in [3.8, 4) is 0 Å². The quantitative estimate of drug-likeness (QED) is 0.136. The maximum absolute atomic E-state index is 13.1. The predicted molar refractivity (Wildman–Crippen MR) is 189 cm³/mol. The van der Waals surface area contributed by atoms with Gasteiger partial charge in [-0.25, -0.2) is 4.79 Å². The highest BCUT2D eigenvalue weighted by atomic mass is 16.6. The Balaban J connectivity index is 1.59. The Morgan fingerprint density at radius 3 is 1.82 bits per heavy atom. The molecule has 49 heavy (non-hydrogen) atoms. The lowest BCUT2D eigenvalue weighted by Gasteiger charge is -2.45. The summed E-state index contributed by atoms with van der Waals surface area (Å²) in [6.45, 7) is 10.0. The summed E-state index contributed by atoms with van der Waals surface area (Å²) in [5, 5.41) is 40.8. The fourth-order valence-corrected chi connectivity index (χ4v) is 5.82. The molecule has 0 fully saturated rings. The van der Waals surface area contributed by atoms with Crippen molar-refractivity contribution >= 4 is 12.2 Å². The van der Waals surface area contributed by atoms with Gasteiger partial charge in [0.05, 0.1) is 30.9 Å². The number of aliphatic hydroxyl groups is 2. The Labute approximate surface area is 291 Å². The van der Waals surface area contributed by atoms with Crippen molar-refractivity contribution in [3.63, 3.8) is 0 Å². The number of nitrogens with one attached hydrogen (secondary N) is 2. The van der Waals surface area contributed by atoms with E-state index in [-0.39, 0.29) is 19.5 Å². The van der Waals surface area contributed by atoms with E-state index >= 15 is 0 Å². The molecule has 4 N–H and O–H groups in total. The largest absolute Gasteiger partial charge is 0.530 e. The first kappa shape index (κ1) is 39.5. The van der Waals surface area contributed by atoms with Crippen LogP contribution in [0.25, 0.3) is 0 Å². The Kier molecular flexibility index (Phi) is 15.5. The van der Waals surface area contributed by atoms with Crippen LogP contribution in [0.5, 0.6) is 0 Å². The Bertz CT molecular complexity index is 1380. The number of hydrogen-bond acceptors (Lipinski definition) is 8. The number of hydrogen-bond donors (Lipinski definition) is 4. The van der Waals surface area contributed by atoms with Crippen molar-refractivity contribution in [2.45, 2.75) is 102 Å². The zero-order chi connectivity index (χ0) is 35.9. The van der Waals surface area contributed by atoms with Gasteiger partial charge in [-0.05, 0) is 77.0 Å². The van der Waals surface area contributed by atoms with E-state index in [1.807, 2.05) is 105 Å². The van der Waals surface area contributed by atoms with Gasteiger partial charge in [-0.15, -0.1) is 0 Å². The summed E-state index contributed by atoms with van der Waals surface area (Å²) in [6, 6.07) is 27.3. The van der Waals surface area contributed by atoms with Gasteiger partial charge in [-0.3, -0.25) is 0 Å². The standard InChI is InChI=1S/C39H55N3O7/c1-38(2,3)42(37(46)47)33(25-30-18-11-7-12-19-30)35(44)27-40-26-34(43)32(24-29-16-9-6-10-17-29)41-36(45)49-39(4,5)22-15-23-48-28-31-20-13-8-14-21-31/h6-14,16-21,32-35,40,43-44H,15,22-28H2,1-5H3,(H,41,45)(H,46,47)/p-1/t32-,33-,34+,35+/m0/s1. The summed E-state index contributed by atoms with van der Waals surface area (Å²) in [5.74, 6) is 0. The van der Waals surface area contributed by atoms with Gasteiger partial charge in [0.2, 0.25) is 0 Å². The number of carbonyl (C=O) groups excluding carboxylic acids is 2. The van der Waals surface area contributed by atoms with E-state index < -0.39 is 47.6 Å². The molecule has 0 aromatic heterocycles. The molecule has 0 aliphatic rings. The van der Waals surface area contributed by atoms with Crippen LogP contribution in [0.15, 0.2) is 91.0 Å². The molecular weight excluding hydrogens is 622 g/mol. The lowest BCUT2D eigenvalue weighted by Crippen LogP contribution is -2.62. The Morgan fingerprint density at radius 2 is 1.29 bits per heavy atom. The van der Waals surface area contributed by atoms with Gasteiger partial charge < -0.3 is 45.1 Å². The average molecular weight is 677 g/mol. The maximum Gasteiger partial charge on any atom is 0.407 e. The first-order valence-electron chi connectivity index (χ1n) is 17.0. The van der Waals surface area contributed by atoms with Crippen molar-refractivity contribution in [1.29, 1.82) is 0 Å². The third-order valence-electron chi connectivity index (χ3n) is 8.30. The molecule has 0 aliphatic carbocycles. The number of alkyl carbamates (subject to hydrolysis) is 1. The summed E-state index contributed by atoms with van der Waals surface area (Å²) in [6.07, 6.45) is -2.29. The number of aliphatic hydroxyl groups excluding tert-OH is 2. The predicted octanol–water partition coefficient (Wildman–Crippen LogP) is 4.47. The summed E-state index contributed by atoms with van der Waals surface area (Å²) in [5.41, 5.74) is 1.29. The van der Waals surface area contributed by atoms with Crippen LogP contribution in [0, 0.1) is 0 Å². The number of amides is 2. The second kappa shape index (κ2) is 19.3. The highest BCUT2D eigenvalue weighted by Crippen LogP contribution is 2.22. The summed E-state index contributed by atoms with van der Waals surface area (Å²) >= 11 is 0. The maximum atomic E-state index is 13.1. The van der Waals surface area contributed by atoms with Crippen molar-refractivity contribution < 1.29 is 34.4 Å². The van der Waals surface area contributed by atoms with Crippen LogP contribution in [0.4, 0.5) is 9.59 Å². The second-order valence-electron chi connectivity index (χ2n) is 14.1. The monoisotopic (exact) mass is 676 g/mol. The van der Waals surface area contributed by atoms with Crippen LogP contribution in [-0.2, 0) is 28.9 Å². The van der Waals surface area contributed by atoms with Crippen LogP contribution in [0.3, 0.4) is 0 Å². The normalized spacial score (nSPS) is 14.3. The Morgan fingerprint density at radius 1 is 0.776 bits per heavy atom. The molecule has 0 unspecified atom stereocenters. The minimum atomic E-state index is -1.37. The molecule has 0 aliphatic heterocycles. The topological polar surface area (TPSA) is 143 Å². The van der Waals surface area contributed by atoms with Gasteiger partial charge in [-0.2, -0.15) is 0 Å². The minimum Gasteiger partial charge on any atom is -0.530 e. The number of nitrogens with zero attached hydrogens (tertiary/aromatic N) is 1. The smallest absolute Gasteiger partial charge is 0.407 e. The third kappa shape index (κ3) is 14.2. The highest BCUT2D eigenvalue weighted by molar-refractivity contribution is 5.68. The third-order valence-corrected chi connectivity index (χ3v) is 8.30. The molecule has 0 saturated heterocycles. The lowest BCUT2D eigenvalue weighted by molar-refractivity contribution is -0.275. The van der Waals surface area contributed by atoms with E-state index in [0.29, 0.717) is 32.5 Å². The van der Waals surface area contributed by atoms with E-state index in [1.165, 1.54) is 4.90 Å². The molecular formula is C39H54N3O7-. The molecule has 0 bridgehead atoms. The minimum absolute atomic E-state index is 0.00367. The van der Waals surface area contributed by atoms with E-state index in [0.717, 1.165) is 16.7 Å². The fraction of sp³-hybridized carbons (Fsp3) is 0.487. The molecule has 0 spiro atoms. The SMILES string of the molecule is CC(C)(CCCOCc1ccccc1)OC(=O)N[C@@H](Cc1ccccc1)[C@H](O)CNC[C@@H](O)[C@H](Cc1ccccc1)N(C(=O)[O-])C(C)(C)C. The van der Waals surface area contributed by atoms with Gasteiger partial charge in [-0.1, -0.05) is 91.0 Å². The molecule has 0 heterocycles. The number of carbonyl (C=O) groups is 2. The van der Waals surface area contributed by atoms with E-state index in [4.69, 9.17) is 9.47 Å². The molecule has 4 atom stereocenters. The van der Waals surface area contributed by atoms with Gasteiger partial charge in [0.25, 0.3) is 0 Å². The summed E-state index contributed by atoms with van der Waals surface area (Å²) < 4.78 is 11.6. The first-order chi connectivity index (χ1) is 23.2. The van der Waals surface area contributed by atoms with Gasteiger partial charge >= 0.3 is 6.09 Å². The molecule has 0 radical (unpaired) electrons. The van der Waals surface area contributed by atoms with Gasteiger partial charge in [0.1, 0.15) is 11.7 Å². The fourth-order valence-electron chi connectivity index (χ4n) is 5.82. The van der Waals surface area contributed by atoms with E-state index in [9.17, 15) is 24.9 Å². The molecule has 3 aromatic rings. The van der Waals surface area contributed by atoms with Crippen LogP contribution in [-0.4, -0.2) is 82.4 Å². The van der Waals surface area contributed by atoms with Crippen LogP contribution in [0.2, 0.25) is 0 Å². The molecule has 2 amide bonds. The van der Waals surface area contributed by atoms with Crippen molar-refractivity contribution in [2.75, 3.05) is 19.7 Å². The van der Waals surface area contributed by atoms with Gasteiger partial charge in [0, 0.05) is 25.2 Å². The molecule has 3 aromatic carbocycles. The molecule has 0 saturated carbocycles. The zero-order valence-electron chi connectivity index (χ0n) is 29.5. The molecule has 10 nitrogen and oxygen atoms in total. The number of benzene rings is 3. The average Bonchev–Trinajstić information content (AvgIpc) is 3.04. The number of carboxylic acid groups (broad SMARTS) is 1. The summed E-state index contributed by atoms with van der Waals surface area (Å²) in [7, 11) is 0. The van der Waals surface area contributed by atoms with Crippen molar-refractivity contribution in [1.82, 2.24) is 15.5 Å². The van der Waals surface area contributed by atoms with Crippen molar-refractivity contribution in [2.24, 2.45) is 0 Å². The van der Waals surface area contributed by atoms with Crippen LogP contribution >= 0.6 is 0 Å². The number of rotatable bonds is 19. The Hall–Kier alpha value is -3.96. The van der Waals surface area contributed by atoms with E-state index in [1.54, 1.807) is 20.8 Å². The lowest BCUT2D eigenvalue weighted by atomic mass is 9.94. The summed E-state index contributed by atoms with van der Waals surface area (Å²) in [4.78, 5) is 26.5.